The van der Waals surface area contributed by atoms with Gasteiger partial charge in [0.1, 0.15) is 6.61 Å². The summed E-state index contributed by atoms with van der Waals surface area (Å²) in [4.78, 5) is 14.4. The number of rotatable bonds is 4. The van der Waals surface area contributed by atoms with Crippen molar-refractivity contribution >= 4 is 6.09 Å². The summed E-state index contributed by atoms with van der Waals surface area (Å²) in [5.74, 6) is 0.201. The zero-order chi connectivity index (χ0) is 19.8. The minimum absolute atomic E-state index is 0.0464. The summed E-state index contributed by atoms with van der Waals surface area (Å²) in [7, 11) is 0. The van der Waals surface area contributed by atoms with Gasteiger partial charge in [-0.25, -0.2) is 4.79 Å². The minimum Gasteiger partial charge on any atom is -0.448 e. The first kappa shape index (κ1) is 18.0. The highest BCUT2D eigenvalue weighted by Crippen LogP contribution is 2.44. The summed E-state index contributed by atoms with van der Waals surface area (Å²) >= 11 is 0. The highest BCUT2D eigenvalue weighted by Gasteiger charge is 2.43. The van der Waals surface area contributed by atoms with E-state index in [0.717, 1.165) is 5.56 Å². The van der Waals surface area contributed by atoms with Gasteiger partial charge in [-0.3, -0.25) is 0 Å². The van der Waals surface area contributed by atoms with E-state index in [2.05, 4.69) is 24.3 Å². The average molecular weight is 385 g/mol. The molecule has 1 aliphatic heterocycles. The third kappa shape index (κ3) is 3.00. The van der Waals surface area contributed by atoms with Crippen LogP contribution in [0.2, 0.25) is 0 Å². The summed E-state index contributed by atoms with van der Waals surface area (Å²) in [6.45, 7) is 0.813. The molecule has 5 rings (SSSR count). The van der Waals surface area contributed by atoms with Crippen LogP contribution in [0.15, 0.2) is 78.9 Å². The predicted octanol–water partition coefficient (Wildman–Crippen LogP) is 4.40. The Morgan fingerprint density at radius 3 is 2.10 bits per heavy atom. The maximum Gasteiger partial charge on any atom is 0.410 e. The summed E-state index contributed by atoms with van der Waals surface area (Å²) in [5, 5.41) is 9.83. The molecule has 1 heterocycles. The van der Waals surface area contributed by atoms with Crippen LogP contribution in [0.25, 0.3) is 11.1 Å². The van der Waals surface area contributed by atoms with Gasteiger partial charge >= 0.3 is 6.09 Å². The lowest BCUT2D eigenvalue weighted by atomic mass is 9.83. The number of aliphatic hydroxyl groups excluding tert-OH is 1. The topological polar surface area (TPSA) is 49.8 Å². The molecule has 1 fully saturated rings. The SMILES string of the molecule is O=C(OCC1c2ccccc2-c2ccccc21)N1C[C@H](c2ccccc2)[C@H]1CO. The number of hydrogen-bond donors (Lipinski definition) is 1. The molecule has 0 aromatic heterocycles. The highest BCUT2D eigenvalue weighted by molar-refractivity contribution is 5.79. The zero-order valence-electron chi connectivity index (χ0n) is 16.1. The molecule has 2 aliphatic rings. The first-order chi connectivity index (χ1) is 14.3. The van der Waals surface area contributed by atoms with Crippen LogP contribution in [0.1, 0.15) is 28.5 Å². The Morgan fingerprint density at radius 2 is 1.48 bits per heavy atom. The predicted molar refractivity (Wildman–Crippen MR) is 112 cm³/mol. The lowest BCUT2D eigenvalue weighted by Crippen LogP contribution is -2.59. The minimum atomic E-state index is -0.349. The van der Waals surface area contributed by atoms with E-state index in [1.807, 2.05) is 54.6 Å². The summed E-state index contributed by atoms with van der Waals surface area (Å²) in [6, 6.07) is 26.4. The fraction of sp³-hybridized carbons (Fsp3) is 0.240. The fourth-order valence-corrected chi connectivity index (χ4v) is 4.69. The van der Waals surface area contributed by atoms with E-state index in [0.29, 0.717) is 13.2 Å². The molecule has 3 aromatic carbocycles. The van der Waals surface area contributed by atoms with Crippen LogP contribution < -0.4 is 0 Å². The zero-order valence-corrected chi connectivity index (χ0v) is 16.1. The largest absolute Gasteiger partial charge is 0.448 e. The molecule has 1 aliphatic carbocycles. The fourth-order valence-electron chi connectivity index (χ4n) is 4.69. The van der Waals surface area contributed by atoms with Crippen LogP contribution in [0, 0.1) is 0 Å². The standard InChI is InChI=1S/C25H23NO3/c27-15-24-22(17-8-2-1-3-9-17)14-26(24)25(28)29-16-23-20-12-6-4-10-18(20)19-11-5-7-13-21(19)23/h1-13,22-24,27H,14-16H2/t22-,24-/m1/s1. The number of carbonyl (C=O) groups excluding carboxylic acids is 1. The molecule has 4 heteroatoms. The summed E-state index contributed by atoms with van der Waals surface area (Å²) < 4.78 is 5.74. The molecule has 29 heavy (non-hydrogen) atoms. The molecule has 0 bridgehead atoms. The van der Waals surface area contributed by atoms with Gasteiger partial charge in [-0.15, -0.1) is 0 Å². The number of fused-ring (bicyclic) bond motifs is 3. The molecule has 0 radical (unpaired) electrons. The quantitative estimate of drug-likeness (QED) is 0.724. The van der Waals surface area contributed by atoms with Crippen LogP contribution in [0.3, 0.4) is 0 Å². The smallest absolute Gasteiger partial charge is 0.410 e. The van der Waals surface area contributed by atoms with E-state index in [9.17, 15) is 9.90 Å². The van der Waals surface area contributed by atoms with E-state index in [1.54, 1.807) is 4.90 Å². The monoisotopic (exact) mass is 385 g/mol. The van der Waals surface area contributed by atoms with Crippen LogP contribution in [-0.2, 0) is 4.74 Å². The van der Waals surface area contributed by atoms with Crippen LogP contribution in [-0.4, -0.2) is 41.9 Å². The van der Waals surface area contributed by atoms with Crippen molar-refractivity contribution in [1.82, 2.24) is 4.90 Å². The second-order valence-corrected chi connectivity index (χ2v) is 7.72. The van der Waals surface area contributed by atoms with Crippen molar-refractivity contribution in [3.8, 4) is 11.1 Å². The molecule has 3 aromatic rings. The Morgan fingerprint density at radius 1 is 0.897 bits per heavy atom. The lowest BCUT2D eigenvalue weighted by molar-refractivity contribution is 0.00718. The first-order valence-corrected chi connectivity index (χ1v) is 10.1. The van der Waals surface area contributed by atoms with Crippen molar-refractivity contribution < 1.29 is 14.6 Å². The molecule has 4 nitrogen and oxygen atoms in total. The Kier molecular flexibility index (Phi) is 4.57. The van der Waals surface area contributed by atoms with Crippen molar-refractivity contribution in [3.63, 3.8) is 0 Å². The van der Waals surface area contributed by atoms with Crippen molar-refractivity contribution in [2.24, 2.45) is 0 Å². The molecule has 1 amide bonds. The number of aliphatic hydroxyl groups is 1. The van der Waals surface area contributed by atoms with E-state index in [1.165, 1.54) is 22.3 Å². The molecule has 0 saturated carbocycles. The van der Waals surface area contributed by atoms with Crippen molar-refractivity contribution in [2.75, 3.05) is 19.8 Å². The lowest BCUT2D eigenvalue weighted by Gasteiger charge is -2.46. The molecule has 1 N–H and O–H groups in total. The second-order valence-electron chi connectivity index (χ2n) is 7.72. The molecule has 0 unspecified atom stereocenters. The number of hydrogen-bond acceptors (Lipinski definition) is 3. The van der Waals surface area contributed by atoms with E-state index in [4.69, 9.17) is 4.74 Å². The molecule has 0 spiro atoms. The Balaban J connectivity index is 1.29. The van der Waals surface area contributed by atoms with Gasteiger partial charge in [-0.2, -0.15) is 0 Å². The van der Waals surface area contributed by atoms with E-state index >= 15 is 0 Å². The summed E-state index contributed by atoms with van der Waals surface area (Å²) in [6.07, 6.45) is -0.349. The van der Waals surface area contributed by atoms with Gasteiger partial charge in [0.05, 0.1) is 12.6 Å². The molecular formula is C25H23NO3. The third-order valence-corrected chi connectivity index (χ3v) is 6.24. The normalized spacial score (nSPS) is 20.0. The molecule has 1 saturated heterocycles. The van der Waals surface area contributed by atoms with Gasteiger partial charge in [0.15, 0.2) is 0 Å². The number of nitrogens with zero attached hydrogens (tertiary/aromatic N) is 1. The molecular weight excluding hydrogens is 362 g/mol. The Bertz CT molecular complexity index is 988. The Labute approximate surface area is 170 Å². The number of benzene rings is 3. The number of ether oxygens (including phenoxy) is 1. The maximum atomic E-state index is 12.7. The van der Waals surface area contributed by atoms with Crippen LogP contribution >= 0.6 is 0 Å². The molecule has 146 valence electrons. The second kappa shape index (κ2) is 7.37. The maximum absolute atomic E-state index is 12.7. The molecule has 2 atom stereocenters. The van der Waals surface area contributed by atoms with E-state index < -0.39 is 0 Å². The number of likely N-dealkylation sites (tertiary alicyclic amines) is 1. The number of amides is 1. The number of carbonyl (C=O) groups is 1. The summed E-state index contributed by atoms with van der Waals surface area (Å²) in [5.41, 5.74) is 5.97. The van der Waals surface area contributed by atoms with Crippen LogP contribution in [0.5, 0.6) is 0 Å². The van der Waals surface area contributed by atoms with Gasteiger partial charge in [0, 0.05) is 18.4 Å². The van der Waals surface area contributed by atoms with Crippen molar-refractivity contribution in [2.45, 2.75) is 17.9 Å². The average Bonchev–Trinajstić information content (AvgIpc) is 3.06. The van der Waals surface area contributed by atoms with Gasteiger partial charge < -0.3 is 14.7 Å². The van der Waals surface area contributed by atoms with Gasteiger partial charge in [-0.1, -0.05) is 78.9 Å². The van der Waals surface area contributed by atoms with E-state index in [-0.39, 0.29) is 30.6 Å². The first-order valence-electron chi connectivity index (χ1n) is 10.1. The third-order valence-electron chi connectivity index (χ3n) is 6.24. The van der Waals surface area contributed by atoms with Crippen molar-refractivity contribution in [1.29, 1.82) is 0 Å². The van der Waals surface area contributed by atoms with Crippen LogP contribution in [0.4, 0.5) is 4.79 Å². The van der Waals surface area contributed by atoms with Gasteiger partial charge in [0.25, 0.3) is 0 Å². The van der Waals surface area contributed by atoms with Crippen molar-refractivity contribution in [3.05, 3.63) is 95.6 Å². The van der Waals surface area contributed by atoms with Gasteiger partial charge in [-0.05, 0) is 27.8 Å². The Hall–Kier alpha value is -3.11. The highest BCUT2D eigenvalue weighted by atomic mass is 16.6. The van der Waals surface area contributed by atoms with Gasteiger partial charge in [0.2, 0.25) is 0 Å².